The molecule has 9 aromatic carbocycles. The topological polar surface area (TPSA) is 3.24 Å². The lowest BCUT2D eigenvalue weighted by atomic mass is 9.82. The van der Waals surface area contributed by atoms with E-state index in [2.05, 4.69) is 207 Å². The molecular weight excluding hydrogens is 627 g/mol. The molecule has 0 aromatic heterocycles. The maximum Gasteiger partial charge on any atom is 0.0546 e. The van der Waals surface area contributed by atoms with Crippen molar-refractivity contribution in [3.8, 4) is 33.4 Å². The molecule has 9 aromatic rings. The standard InChI is InChI=1S/C51H37N/c1-51(2)45-24-13-25-47(50(45)44-32-39-19-8-9-20-40(39)33-46(44)51)52(42-22-12-21-38(31-42)34-14-4-3-5-15-34)48-29-28-36-17-10-11-23-43(36)49(48)41-27-26-35-16-6-7-18-37(35)30-41/h3-33H,1-2H3. The highest BCUT2D eigenvalue weighted by Gasteiger charge is 2.38. The van der Waals surface area contributed by atoms with Gasteiger partial charge in [-0.25, -0.2) is 0 Å². The highest BCUT2D eigenvalue weighted by molar-refractivity contribution is 6.08. The van der Waals surface area contributed by atoms with Crippen LogP contribution in [0.15, 0.2) is 188 Å². The highest BCUT2D eigenvalue weighted by Crippen LogP contribution is 2.56. The van der Waals surface area contributed by atoms with Gasteiger partial charge in [0.05, 0.1) is 11.4 Å². The Kier molecular flexibility index (Phi) is 6.91. The highest BCUT2D eigenvalue weighted by atomic mass is 15.1. The Hall–Kier alpha value is -6.44. The van der Waals surface area contributed by atoms with E-state index in [1.54, 1.807) is 0 Å². The van der Waals surface area contributed by atoms with Crippen LogP contribution in [0.3, 0.4) is 0 Å². The molecule has 0 saturated carbocycles. The molecule has 52 heavy (non-hydrogen) atoms. The van der Waals surface area contributed by atoms with Crippen molar-refractivity contribution in [2.45, 2.75) is 19.3 Å². The molecule has 0 N–H and O–H groups in total. The minimum atomic E-state index is -0.160. The van der Waals surface area contributed by atoms with Gasteiger partial charge in [-0.1, -0.05) is 159 Å². The van der Waals surface area contributed by atoms with Gasteiger partial charge in [-0.3, -0.25) is 0 Å². The number of nitrogens with zero attached hydrogens (tertiary/aromatic N) is 1. The molecule has 1 heteroatoms. The Labute approximate surface area is 305 Å². The molecule has 0 amide bonds. The van der Waals surface area contributed by atoms with Crippen molar-refractivity contribution in [3.63, 3.8) is 0 Å². The van der Waals surface area contributed by atoms with E-state index in [0.717, 1.165) is 11.4 Å². The quantitative estimate of drug-likeness (QED) is 0.177. The predicted octanol–water partition coefficient (Wildman–Crippen LogP) is 14.3. The molecule has 0 bridgehead atoms. The maximum atomic E-state index is 2.53. The predicted molar refractivity (Wildman–Crippen MR) is 222 cm³/mol. The van der Waals surface area contributed by atoms with Crippen LogP contribution in [0.2, 0.25) is 0 Å². The van der Waals surface area contributed by atoms with E-state index in [1.807, 2.05) is 0 Å². The van der Waals surface area contributed by atoms with Gasteiger partial charge in [0.1, 0.15) is 0 Å². The van der Waals surface area contributed by atoms with Gasteiger partial charge in [0.25, 0.3) is 0 Å². The van der Waals surface area contributed by atoms with E-state index < -0.39 is 0 Å². The van der Waals surface area contributed by atoms with Gasteiger partial charge in [0, 0.05) is 22.2 Å². The molecule has 0 heterocycles. The van der Waals surface area contributed by atoms with Gasteiger partial charge in [0.15, 0.2) is 0 Å². The number of hydrogen-bond donors (Lipinski definition) is 0. The summed E-state index contributed by atoms with van der Waals surface area (Å²) in [5.41, 5.74) is 13.5. The number of rotatable bonds is 5. The van der Waals surface area contributed by atoms with Crippen LogP contribution in [0.5, 0.6) is 0 Å². The third-order valence-corrected chi connectivity index (χ3v) is 11.2. The van der Waals surface area contributed by atoms with E-state index in [1.165, 1.54) is 82.5 Å². The number of anilines is 3. The first-order valence-corrected chi connectivity index (χ1v) is 18.2. The van der Waals surface area contributed by atoms with Gasteiger partial charge in [-0.2, -0.15) is 0 Å². The summed E-state index contributed by atoms with van der Waals surface area (Å²) in [6.45, 7) is 4.76. The van der Waals surface area contributed by atoms with Crippen LogP contribution in [0, 0.1) is 0 Å². The van der Waals surface area contributed by atoms with Crippen LogP contribution in [0.25, 0.3) is 65.7 Å². The summed E-state index contributed by atoms with van der Waals surface area (Å²) in [5, 5.41) is 7.48. The first-order valence-electron chi connectivity index (χ1n) is 18.2. The molecule has 0 aliphatic heterocycles. The molecule has 1 nitrogen and oxygen atoms in total. The lowest BCUT2D eigenvalue weighted by molar-refractivity contribution is 0.661. The SMILES string of the molecule is CC1(C)c2cc3ccccc3cc2-c2c(N(c3cccc(-c4ccccc4)c3)c3ccc4ccccc4c3-c3ccc4ccccc4c3)cccc21. The molecule has 0 atom stereocenters. The first kappa shape index (κ1) is 30.4. The van der Waals surface area contributed by atoms with E-state index in [4.69, 9.17) is 0 Å². The van der Waals surface area contributed by atoms with Gasteiger partial charge in [0.2, 0.25) is 0 Å². The normalized spacial score (nSPS) is 13.0. The summed E-state index contributed by atoms with van der Waals surface area (Å²) in [6.07, 6.45) is 0. The molecule has 0 spiro atoms. The van der Waals surface area contributed by atoms with E-state index in [0.29, 0.717) is 0 Å². The van der Waals surface area contributed by atoms with Crippen molar-refractivity contribution in [2.24, 2.45) is 0 Å². The maximum absolute atomic E-state index is 2.53. The second-order valence-corrected chi connectivity index (χ2v) is 14.6. The van der Waals surface area contributed by atoms with Crippen molar-refractivity contribution in [3.05, 3.63) is 199 Å². The van der Waals surface area contributed by atoms with Crippen molar-refractivity contribution < 1.29 is 0 Å². The fourth-order valence-electron chi connectivity index (χ4n) is 8.60. The van der Waals surface area contributed by atoms with Gasteiger partial charge >= 0.3 is 0 Å². The van der Waals surface area contributed by atoms with Crippen LogP contribution >= 0.6 is 0 Å². The molecule has 0 unspecified atom stereocenters. The van der Waals surface area contributed by atoms with Crippen molar-refractivity contribution >= 4 is 49.4 Å². The van der Waals surface area contributed by atoms with Crippen LogP contribution in [0.1, 0.15) is 25.0 Å². The van der Waals surface area contributed by atoms with Gasteiger partial charge in [-0.15, -0.1) is 0 Å². The fraction of sp³-hybridized carbons (Fsp3) is 0.0588. The largest absolute Gasteiger partial charge is 0.309 e. The molecule has 0 fully saturated rings. The van der Waals surface area contributed by atoms with E-state index in [-0.39, 0.29) is 5.41 Å². The third-order valence-electron chi connectivity index (χ3n) is 11.2. The van der Waals surface area contributed by atoms with Gasteiger partial charge < -0.3 is 4.90 Å². The minimum Gasteiger partial charge on any atom is -0.309 e. The summed E-state index contributed by atoms with van der Waals surface area (Å²) in [5.74, 6) is 0. The third kappa shape index (κ3) is 4.77. The summed E-state index contributed by atoms with van der Waals surface area (Å²) in [6, 6.07) is 69.3. The summed E-state index contributed by atoms with van der Waals surface area (Å²) >= 11 is 0. The van der Waals surface area contributed by atoms with Crippen molar-refractivity contribution in [1.29, 1.82) is 0 Å². The lowest BCUT2D eigenvalue weighted by Gasteiger charge is -2.31. The molecule has 1 aliphatic carbocycles. The van der Waals surface area contributed by atoms with Crippen LogP contribution in [-0.2, 0) is 5.41 Å². The molecule has 1 aliphatic rings. The van der Waals surface area contributed by atoms with E-state index in [9.17, 15) is 0 Å². The number of hydrogen-bond acceptors (Lipinski definition) is 1. The monoisotopic (exact) mass is 663 g/mol. The average molecular weight is 664 g/mol. The summed E-state index contributed by atoms with van der Waals surface area (Å²) in [7, 11) is 0. The van der Waals surface area contributed by atoms with E-state index >= 15 is 0 Å². The number of fused-ring (bicyclic) bond motifs is 6. The molecule has 10 rings (SSSR count). The minimum absolute atomic E-state index is 0.160. The average Bonchev–Trinajstić information content (AvgIpc) is 3.42. The smallest absolute Gasteiger partial charge is 0.0546 e. The Morgan fingerprint density at radius 1 is 0.365 bits per heavy atom. The zero-order valence-corrected chi connectivity index (χ0v) is 29.3. The molecular formula is C51H37N. The van der Waals surface area contributed by atoms with Crippen molar-refractivity contribution in [1.82, 2.24) is 0 Å². The Bertz CT molecular complexity index is 2830. The molecule has 246 valence electrons. The fourth-order valence-corrected chi connectivity index (χ4v) is 8.60. The molecule has 0 radical (unpaired) electrons. The van der Waals surface area contributed by atoms with Crippen LogP contribution in [0.4, 0.5) is 17.1 Å². The molecule has 0 saturated heterocycles. The summed E-state index contributed by atoms with van der Waals surface area (Å²) < 4.78 is 0. The van der Waals surface area contributed by atoms with Gasteiger partial charge in [-0.05, 0) is 108 Å². The Morgan fingerprint density at radius 2 is 0.981 bits per heavy atom. The van der Waals surface area contributed by atoms with Crippen molar-refractivity contribution in [2.75, 3.05) is 4.90 Å². The lowest BCUT2D eigenvalue weighted by Crippen LogP contribution is -2.16. The van der Waals surface area contributed by atoms with Crippen LogP contribution < -0.4 is 4.90 Å². The number of benzene rings is 9. The second-order valence-electron chi connectivity index (χ2n) is 14.6. The Morgan fingerprint density at radius 3 is 1.79 bits per heavy atom. The zero-order chi connectivity index (χ0) is 34.8. The second kappa shape index (κ2) is 11.8. The summed E-state index contributed by atoms with van der Waals surface area (Å²) in [4.78, 5) is 2.53. The van der Waals surface area contributed by atoms with Crippen LogP contribution in [-0.4, -0.2) is 0 Å². The first-order chi connectivity index (χ1) is 25.5. The zero-order valence-electron chi connectivity index (χ0n) is 29.3. The Balaban J connectivity index is 1.31.